The first-order valence-electron chi connectivity index (χ1n) is 4.31. The summed E-state index contributed by atoms with van der Waals surface area (Å²) in [6.45, 7) is 0. The van der Waals surface area contributed by atoms with Crippen LogP contribution in [0.15, 0.2) is 18.2 Å². The van der Waals surface area contributed by atoms with Crippen LogP contribution in [0.4, 0.5) is 17.6 Å². The van der Waals surface area contributed by atoms with Gasteiger partial charge in [-0.15, -0.1) is 0 Å². The fraction of sp³-hybridized carbons (Fsp3) is 0.100. The monoisotopic (exact) mass is 283 g/mol. The molecule has 0 aliphatic heterocycles. The molecule has 2 aromatic rings. The summed E-state index contributed by atoms with van der Waals surface area (Å²) in [6.07, 6.45) is -4.64. The molecule has 7 heteroatoms. The van der Waals surface area contributed by atoms with Crippen LogP contribution in [-0.4, -0.2) is 4.98 Å². The molecule has 0 aliphatic rings. The number of halogens is 6. The van der Waals surface area contributed by atoms with Gasteiger partial charge in [-0.1, -0.05) is 23.2 Å². The summed E-state index contributed by atoms with van der Waals surface area (Å²) in [6, 6.07) is 2.47. The lowest BCUT2D eigenvalue weighted by Gasteiger charge is -2.09. The predicted octanol–water partition coefficient (Wildman–Crippen LogP) is 4.70. The van der Waals surface area contributed by atoms with E-state index in [1.54, 1.807) is 0 Å². The molecule has 0 bridgehead atoms. The fourth-order valence-corrected chi connectivity index (χ4v) is 2.04. The summed E-state index contributed by atoms with van der Waals surface area (Å²) in [5.41, 5.74) is -1.41. The van der Waals surface area contributed by atoms with Crippen LogP contribution in [0.2, 0.25) is 10.0 Å². The molecule has 0 fully saturated rings. The molecule has 17 heavy (non-hydrogen) atoms. The van der Waals surface area contributed by atoms with E-state index in [0.717, 1.165) is 12.1 Å². The number of fused-ring (bicyclic) bond motifs is 1. The third kappa shape index (κ3) is 2.30. The Balaban J connectivity index is 2.82. The minimum Gasteiger partial charge on any atom is -0.243 e. The largest absolute Gasteiger partial charge is 0.433 e. The summed E-state index contributed by atoms with van der Waals surface area (Å²) in [5, 5.41) is -0.193. The van der Waals surface area contributed by atoms with Gasteiger partial charge in [-0.3, -0.25) is 0 Å². The van der Waals surface area contributed by atoms with Gasteiger partial charge < -0.3 is 0 Å². The fourth-order valence-electron chi connectivity index (χ4n) is 1.38. The standard InChI is InChI=1S/C10H3Cl2F4N/c11-5-1-4(13)2-7-9(5)6(12)3-8(17-7)10(14,15)16/h1-3H. The Hall–Kier alpha value is -1.07. The van der Waals surface area contributed by atoms with Crippen LogP contribution in [0.25, 0.3) is 10.9 Å². The molecule has 0 unspecified atom stereocenters. The molecule has 1 heterocycles. The molecule has 1 nitrogen and oxygen atoms in total. The van der Waals surface area contributed by atoms with Crippen molar-refractivity contribution in [2.75, 3.05) is 0 Å². The topological polar surface area (TPSA) is 12.9 Å². The second-order valence-corrected chi connectivity index (χ2v) is 4.08. The van der Waals surface area contributed by atoms with Crippen molar-refractivity contribution in [2.45, 2.75) is 6.18 Å². The van der Waals surface area contributed by atoms with E-state index >= 15 is 0 Å². The van der Waals surface area contributed by atoms with Gasteiger partial charge in [0.2, 0.25) is 0 Å². The second-order valence-electron chi connectivity index (χ2n) is 3.27. The van der Waals surface area contributed by atoms with Crippen molar-refractivity contribution in [1.82, 2.24) is 4.98 Å². The lowest BCUT2D eigenvalue weighted by atomic mass is 10.2. The summed E-state index contributed by atoms with van der Waals surface area (Å²) in [5.74, 6) is -0.773. The van der Waals surface area contributed by atoms with Crippen molar-refractivity contribution < 1.29 is 17.6 Å². The zero-order valence-electron chi connectivity index (χ0n) is 7.95. The highest BCUT2D eigenvalue weighted by Gasteiger charge is 2.33. The average Bonchev–Trinajstić information content (AvgIpc) is 2.13. The number of aromatic nitrogens is 1. The maximum Gasteiger partial charge on any atom is 0.433 e. The van der Waals surface area contributed by atoms with E-state index in [-0.39, 0.29) is 20.9 Å². The van der Waals surface area contributed by atoms with E-state index in [9.17, 15) is 17.6 Å². The average molecular weight is 284 g/mol. The van der Waals surface area contributed by atoms with E-state index in [2.05, 4.69) is 4.98 Å². The Morgan fingerprint density at radius 1 is 1.00 bits per heavy atom. The number of rotatable bonds is 0. The lowest BCUT2D eigenvalue weighted by molar-refractivity contribution is -0.140. The number of nitrogens with zero attached hydrogens (tertiary/aromatic N) is 1. The summed E-state index contributed by atoms with van der Waals surface area (Å²) in [4.78, 5) is 3.30. The van der Waals surface area contributed by atoms with Crippen molar-refractivity contribution in [3.63, 3.8) is 0 Å². The molecule has 0 aliphatic carbocycles. The van der Waals surface area contributed by atoms with Gasteiger partial charge in [0.1, 0.15) is 11.5 Å². The lowest BCUT2D eigenvalue weighted by Crippen LogP contribution is -2.08. The van der Waals surface area contributed by atoms with Gasteiger partial charge in [-0.25, -0.2) is 9.37 Å². The first kappa shape index (κ1) is 12.4. The molecule has 0 N–H and O–H groups in total. The second kappa shape index (κ2) is 3.99. The van der Waals surface area contributed by atoms with E-state index in [1.807, 2.05) is 0 Å². The van der Waals surface area contributed by atoms with Gasteiger partial charge in [0.15, 0.2) is 0 Å². The molecule has 0 amide bonds. The first-order chi connectivity index (χ1) is 7.79. The molecule has 1 aromatic carbocycles. The van der Waals surface area contributed by atoms with Crippen LogP contribution in [0, 0.1) is 5.82 Å². The van der Waals surface area contributed by atoms with Gasteiger partial charge in [-0.05, 0) is 12.1 Å². The van der Waals surface area contributed by atoms with Crippen LogP contribution < -0.4 is 0 Å². The minimum atomic E-state index is -4.64. The van der Waals surface area contributed by atoms with Crippen molar-refractivity contribution in [3.8, 4) is 0 Å². The van der Waals surface area contributed by atoms with Crippen LogP contribution in [-0.2, 0) is 6.18 Å². The molecule has 1 aromatic heterocycles. The van der Waals surface area contributed by atoms with E-state index in [4.69, 9.17) is 23.2 Å². The summed E-state index contributed by atoms with van der Waals surface area (Å²) >= 11 is 11.4. The van der Waals surface area contributed by atoms with Gasteiger partial charge in [0.05, 0.1) is 15.6 Å². The number of hydrogen-bond acceptors (Lipinski definition) is 1. The number of hydrogen-bond donors (Lipinski definition) is 0. The maximum absolute atomic E-state index is 13.0. The molecule has 0 saturated carbocycles. The molecule has 0 radical (unpaired) electrons. The summed E-state index contributed by atoms with van der Waals surface area (Å²) in [7, 11) is 0. The van der Waals surface area contributed by atoms with Gasteiger partial charge >= 0.3 is 6.18 Å². The Bertz CT molecular complexity index is 595. The quantitative estimate of drug-likeness (QED) is 0.639. The van der Waals surface area contributed by atoms with Gasteiger partial charge in [-0.2, -0.15) is 13.2 Å². The molecular formula is C10H3Cl2F4N. The van der Waals surface area contributed by atoms with Crippen LogP contribution in [0.5, 0.6) is 0 Å². The third-order valence-electron chi connectivity index (χ3n) is 2.07. The zero-order valence-corrected chi connectivity index (χ0v) is 9.46. The Morgan fingerprint density at radius 2 is 1.59 bits per heavy atom. The Kier molecular flexibility index (Phi) is 2.91. The third-order valence-corrected chi connectivity index (χ3v) is 2.66. The van der Waals surface area contributed by atoms with Crippen LogP contribution in [0.3, 0.4) is 0 Å². The normalized spacial score (nSPS) is 12.1. The summed E-state index contributed by atoms with van der Waals surface area (Å²) < 4.78 is 50.4. The molecule has 2 rings (SSSR count). The van der Waals surface area contributed by atoms with Crippen molar-refractivity contribution >= 4 is 34.1 Å². The highest BCUT2D eigenvalue weighted by atomic mass is 35.5. The van der Waals surface area contributed by atoms with Crippen LogP contribution >= 0.6 is 23.2 Å². The minimum absolute atomic E-state index is 0.0776. The van der Waals surface area contributed by atoms with Crippen molar-refractivity contribution in [2.24, 2.45) is 0 Å². The Morgan fingerprint density at radius 3 is 2.18 bits per heavy atom. The maximum atomic E-state index is 13.0. The zero-order chi connectivity index (χ0) is 12.8. The molecule has 0 saturated heterocycles. The van der Waals surface area contributed by atoms with Crippen LogP contribution in [0.1, 0.15) is 5.69 Å². The van der Waals surface area contributed by atoms with Crippen molar-refractivity contribution in [1.29, 1.82) is 0 Å². The molecule has 0 atom stereocenters. The molecular weight excluding hydrogens is 281 g/mol. The SMILES string of the molecule is Fc1cc(Cl)c2c(Cl)cc(C(F)(F)F)nc2c1. The number of benzene rings is 1. The van der Waals surface area contributed by atoms with Gasteiger partial charge in [0, 0.05) is 11.5 Å². The number of pyridine rings is 1. The number of alkyl halides is 3. The van der Waals surface area contributed by atoms with E-state index in [1.165, 1.54) is 0 Å². The highest BCUT2D eigenvalue weighted by Crippen LogP contribution is 2.35. The van der Waals surface area contributed by atoms with Gasteiger partial charge in [0.25, 0.3) is 0 Å². The first-order valence-corrected chi connectivity index (χ1v) is 5.07. The van der Waals surface area contributed by atoms with E-state index in [0.29, 0.717) is 6.07 Å². The molecule has 90 valence electrons. The van der Waals surface area contributed by atoms with Crippen molar-refractivity contribution in [3.05, 3.63) is 39.8 Å². The smallest absolute Gasteiger partial charge is 0.243 e. The Labute approximate surface area is 103 Å². The highest BCUT2D eigenvalue weighted by molar-refractivity contribution is 6.42. The van der Waals surface area contributed by atoms with E-state index < -0.39 is 17.7 Å². The molecule has 0 spiro atoms. The predicted molar refractivity (Wildman–Crippen MR) is 56.7 cm³/mol.